The van der Waals surface area contributed by atoms with Gasteiger partial charge in [0.15, 0.2) is 5.78 Å². The first-order valence-electron chi connectivity index (χ1n) is 8.64. The summed E-state index contributed by atoms with van der Waals surface area (Å²) in [5.74, 6) is 0.590. The van der Waals surface area contributed by atoms with Crippen molar-refractivity contribution >= 4 is 29.4 Å². The largest absolute Gasteiger partial charge is 0.496 e. The lowest BCUT2D eigenvalue weighted by atomic mass is 10.1. The van der Waals surface area contributed by atoms with Gasteiger partial charge in [0, 0.05) is 22.6 Å². The van der Waals surface area contributed by atoms with Crippen molar-refractivity contribution in [1.82, 2.24) is 20.6 Å². The molecule has 150 valence electrons. The van der Waals surface area contributed by atoms with E-state index in [1.165, 1.54) is 18.7 Å². The Morgan fingerprint density at radius 3 is 2.46 bits per heavy atom. The first-order chi connectivity index (χ1) is 13.3. The molecule has 0 aliphatic carbocycles. The number of Topliss-reactive ketones (excluding diaryl/α,β-unsaturated/α-hetero) is 1. The Morgan fingerprint density at radius 2 is 1.86 bits per heavy atom. The highest BCUT2D eigenvalue weighted by Gasteiger charge is 2.11. The van der Waals surface area contributed by atoms with Crippen LogP contribution in [0.4, 0.5) is 0 Å². The van der Waals surface area contributed by atoms with E-state index in [0.717, 1.165) is 17.0 Å². The molecule has 1 aromatic carbocycles. The van der Waals surface area contributed by atoms with E-state index in [1.54, 1.807) is 30.0 Å². The maximum Gasteiger partial charge on any atom is 0.260 e. The Kier molecular flexibility index (Phi) is 7.62. The molecule has 0 saturated heterocycles. The van der Waals surface area contributed by atoms with Gasteiger partial charge in [-0.1, -0.05) is 0 Å². The zero-order chi connectivity index (χ0) is 20.7. The van der Waals surface area contributed by atoms with Gasteiger partial charge in [-0.15, -0.1) is 11.8 Å². The highest BCUT2D eigenvalue weighted by molar-refractivity contribution is 7.99. The standard InChI is InChI=1S/C19H24N4O4S/c1-12-7-13(2)23(22-12)9-18(25)20-21-19(26)11-28-10-16-8-15(14(3)24)5-6-17(16)27-4/h5-8H,9-11H2,1-4H3,(H,20,25)(H,21,26). The quantitative estimate of drug-likeness (QED) is 0.514. The monoisotopic (exact) mass is 404 g/mol. The average Bonchev–Trinajstić information content (AvgIpc) is 2.96. The van der Waals surface area contributed by atoms with Gasteiger partial charge in [0.25, 0.3) is 5.91 Å². The lowest BCUT2D eigenvalue weighted by Crippen LogP contribution is -2.44. The van der Waals surface area contributed by atoms with Gasteiger partial charge >= 0.3 is 0 Å². The smallest absolute Gasteiger partial charge is 0.260 e. The fourth-order valence-electron chi connectivity index (χ4n) is 2.55. The van der Waals surface area contributed by atoms with E-state index in [0.29, 0.717) is 17.1 Å². The Bertz CT molecular complexity index is 879. The second-order valence-electron chi connectivity index (χ2n) is 6.26. The van der Waals surface area contributed by atoms with E-state index in [2.05, 4.69) is 16.0 Å². The predicted molar refractivity (Wildman–Crippen MR) is 107 cm³/mol. The molecule has 2 rings (SSSR count). The molecule has 0 aliphatic rings. The van der Waals surface area contributed by atoms with Crippen LogP contribution >= 0.6 is 11.8 Å². The molecule has 0 aliphatic heterocycles. The Balaban J connectivity index is 1.78. The number of carbonyl (C=O) groups is 3. The van der Waals surface area contributed by atoms with Crippen molar-refractivity contribution in [2.75, 3.05) is 12.9 Å². The SMILES string of the molecule is COc1ccc(C(C)=O)cc1CSCC(=O)NNC(=O)Cn1nc(C)cc1C. The highest BCUT2D eigenvalue weighted by atomic mass is 32.2. The normalized spacial score (nSPS) is 10.4. The zero-order valence-corrected chi connectivity index (χ0v) is 17.2. The molecule has 2 amide bonds. The Hall–Kier alpha value is -2.81. The summed E-state index contributed by atoms with van der Waals surface area (Å²) in [5, 5.41) is 4.20. The second-order valence-corrected chi connectivity index (χ2v) is 7.24. The van der Waals surface area contributed by atoms with Crippen molar-refractivity contribution in [3.8, 4) is 5.75 Å². The first-order valence-corrected chi connectivity index (χ1v) is 9.80. The maximum atomic E-state index is 11.9. The van der Waals surface area contributed by atoms with Gasteiger partial charge in [-0.05, 0) is 45.0 Å². The van der Waals surface area contributed by atoms with Crippen molar-refractivity contribution in [1.29, 1.82) is 0 Å². The van der Waals surface area contributed by atoms with Crippen molar-refractivity contribution in [3.05, 3.63) is 46.8 Å². The summed E-state index contributed by atoms with van der Waals surface area (Å²) in [4.78, 5) is 35.4. The molecule has 8 nitrogen and oxygen atoms in total. The molecule has 1 heterocycles. The Labute approximate surface area is 168 Å². The minimum absolute atomic E-state index is 0.0299. The lowest BCUT2D eigenvalue weighted by molar-refractivity contribution is -0.128. The summed E-state index contributed by atoms with van der Waals surface area (Å²) >= 11 is 1.35. The van der Waals surface area contributed by atoms with Crippen LogP contribution in [-0.4, -0.2) is 40.2 Å². The number of hydrogen-bond acceptors (Lipinski definition) is 6. The number of rotatable bonds is 8. The number of ketones is 1. The number of ether oxygens (including phenoxy) is 1. The van der Waals surface area contributed by atoms with Crippen LogP contribution in [-0.2, 0) is 21.9 Å². The van der Waals surface area contributed by atoms with Gasteiger partial charge in [0.2, 0.25) is 5.91 Å². The molecule has 0 spiro atoms. The number of hydrazine groups is 1. The van der Waals surface area contributed by atoms with E-state index in [-0.39, 0.29) is 29.9 Å². The van der Waals surface area contributed by atoms with E-state index in [4.69, 9.17) is 4.74 Å². The number of aryl methyl sites for hydroxylation is 2. The van der Waals surface area contributed by atoms with Gasteiger partial charge < -0.3 is 4.74 Å². The van der Waals surface area contributed by atoms with E-state index < -0.39 is 0 Å². The summed E-state index contributed by atoms with van der Waals surface area (Å²) in [5.41, 5.74) is 7.90. The lowest BCUT2D eigenvalue weighted by Gasteiger charge is -2.10. The molecule has 28 heavy (non-hydrogen) atoms. The molecule has 9 heteroatoms. The minimum Gasteiger partial charge on any atom is -0.496 e. The summed E-state index contributed by atoms with van der Waals surface area (Å²) in [6, 6.07) is 7.09. The van der Waals surface area contributed by atoms with Crippen molar-refractivity contribution < 1.29 is 19.1 Å². The molecular formula is C19H24N4O4S. The fourth-order valence-corrected chi connectivity index (χ4v) is 3.36. The summed E-state index contributed by atoms with van der Waals surface area (Å²) in [7, 11) is 1.56. The van der Waals surface area contributed by atoms with Crippen LogP contribution in [0.15, 0.2) is 24.3 Å². The third-order valence-electron chi connectivity index (χ3n) is 3.92. The summed E-state index contributed by atoms with van der Waals surface area (Å²) < 4.78 is 6.86. The zero-order valence-electron chi connectivity index (χ0n) is 16.4. The number of nitrogens with one attached hydrogen (secondary N) is 2. The van der Waals surface area contributed by atoms with Crippen molar-refractivity contribution in [3.63, 3.8) is 0 Å². The van der Waals surface area contributed by atoms with E-state index in [1.807, 2.05) is 19.9 Å². The molecular weight excluding hydrogens is 380 g/mol. The molecule has 1 aromatic heterocycles. The summed E-state index contributed by atoms with van der Waals surface area (Å²) in [6.45, 7) is 5.24. The second kappa shape index (κ2) is 9.93. The van der Waals surface area contributed by atoms with Crippen LogP contribution in [0.5, 0.6) is 5.75 Å². The van der Waals surface area contributed by atoms with Crippen LogP contribution in [0, 0.1) is 13.8 Å². The minimum atomic E-state index is -0.361. The topological polar surface area (TPSA) is 102 Å². The maximum absolute atomic E-state index is 11.9. The molecule has 0 fully saturated rings. The van der Waals surface area contributed by atoms with Gasteiger partial charge in [0.05, 0.1) is 18.6 Å². The highest BCUT2D eigenvalue weighted by Crippen LogP contribution is 2.24. The molecule has 2 aromatic rings. The number of carbonyl (C=O) groups excluding carboxylic acids is 3. The number of methoxy groups -OCH3 is 1. The number of aromatic nitrogens is 2. The molecule has 0 bridgehead atoms. The van der Waals surface area contributed by atoms with Crippen LogP contribution in [0.25, 0.3) is 0 Å². The number of amides is 2. The summed E-state index contributed by atoms with van der Waals surface area (Å²) in [6.07, 6.45) is 0. The van der Waals surface area contributed by atoms with E-state index in [9.17, 15) is 14.4 Å². The number of thioether (sulfide) groups is 1. The molecule has 0 atom stereocenters. The molecule has 0 radical (unpaired) electrons. The molecule has 0 saturated carbocycles. The fraction of sp³-hybridized carbons (Fsp3) is 0.368. The van der Waals surface area contributed by atoms with Crippen LogP contribution < -0.4 is 15.6 Å². The third kappa shape index (κ3) is 6.12. The number of nitrogens with zero attached hydrogens (tertiary/aromatic N) is 2. The number of hydrogen-bond donors (Lipinski definition) is 2. The molecule has 2 N–H and O–H groups in total. The molecule has 0 unspecified atom stereocenters. The van der Waals surface area contributed by atoms with Gasteiger partial charge in [-0.25, -0.2) is 0 Å². The third-order valence-corrected chi connectivity index (χ3v) is 4.90. The van der Waals surface area contributed by atoms with E-state index >= 15 is 0 Å². The van der Waals surface area contributed by atoms with Crippen LogP contribution in [0.3, 0.4) is 0 Å². The first kappa shape index (κ1) is 21.5. The van der Waals surface area contributed by atoms with Crippen LogP contribution in [0.1, 0.15) is 34.2 Å². The number of benzene rings is 1. The van der Waals surface area contributed by atoms with Crippen molar-refractivity contribution in [2.24, 2.45) is 0 Å². The van der Waals surface area contributed by atoms with Gasteiger partial charge in [0.1, 0.15) is 12.3 Å². The Morgan fingerprint density at radius 1 is 1.14 bits per heavy atom. The van der Waals surface area contributed by atoms with Crippen LogP contribution in [0.2, 0.25) is 0 Å². The van der Waals surface area contributed by atoms with Gasteiger partial charge in [-0.3, -0.25) is 29.9 Å². The predicted octanol–water partition coefficient (Wildman–Crippen LogP) is 1.79. The van der Waals surface area contributed by atoms with Crippen molar-refractivity contribution in [2.45, 2.75) is 33.1 Å². The average molecular weight is 404 g/mol. The van der Waals surface area contributed by atoms with Gasteiger partial charge in [-0.2, -0.15) is 5.10 Å².